The molecule has 0 aromatic heterocycles. The molecule has 0 saturated heterocycles. The van der Waals surface area contributed by atoms with Crippen molar-refractivity contribution in [2.45, 2.75) is 64.8 Å². The van der Waals surface area contributed by atoms with Gasteiger partial charge in [0.15, 0.2) is 0 Å². The highest BCUT2D eigenvalue weighted by Crippen LogP contribution is 2.30. The lowest BCUT2D eigenvalue weighted by molar-refractivity contribution is -0.0177. The van der Waals surface area contributed by atoms with Crippen molar-refractivity contribution >= 4 is 57.3 Å². The van der Waals surface area contributed by atoms with E-state index < -0.39 is 12.1 Å². The zero-order valence-corrected chi connectivity index (χ0v) is 31.2. The number of carbonyl (C=O) groups is 2. The molecule has 0 aliphatic carbocycles. The van der Waals surface area contributed by atoms with E-state index in [9.17, 15) is 14.7 Å². The molecule has 4 aromatic carbocycles. The fourth-order valence-electron chi connectivity index (χ4n) is 6.40. The Balaban J connectivity index is 1.38. The SMILES string of the molecule is C[C@@H]1CCCCO[C@H](CN(C)Cc2ccc(Cl)c(Cl)c2)[C@@H](C)CN([C@@H](C)CO)C(=O)c2cc(NC(=O)Nc3cccc4ccccc34)ccc2O1. The van der Waals surface area contributed by atoms with Gasteiger partial charge in [-0.25, -0.2) is 4.79 Å². The molecular weight excluding hydrogens is 687 g/mol. The van der Waals surface area contributed by atoms with Crippen LogP contribution in [0.15, 0.2) is 78.9 Å². The van der Waals surface area contributed by atoms with Crippen molar-refractivity contribution in [2.24, 2.45) is 5.92 Å². The fraction of sp³-hybridized carbons (Fsp3) is 0.400. The lowest BCUT2D eigenvalue weighted by Gasteiger charge is -2.36. The molecule has 1 heterocycles. The summed E-state index contributed by atoms with van der Waals surface area (Å²) in [5.41, 5.74) is 2.45. The van der Waals surface area contributed by atoms with Crippen LogP contribution in [-0.4, -0.2) is 78.4 Å². The minimum Gasteiger partial charge on any atom is -0.490 e. The summed E-state index contributed by atoms with van der Waals surface area (Å²) in [6.07, 6.45) is 2.18. The predicted molar refractivity (Wildman–Crippen MR) is 206 cm³/mol. The lowest BCUT2D eigenvalue weighted by atomic mass is 10.0. The molecule has 0 saturated carbocycles. The molecule has 1 aliphatic rings. The number of benzene rings is 4. The summed E-state index contributed by atoms with van der Waals surface area (Å²) in [5, 5.41) is 19.1. The van der Waals surface area contributed by atoms with Crippen molar-refractivity contribution in [1.82, 2.24) is 9.80 Å². The summed E-state index contributed by atoms with van der Waals surface area (Å²) < 4.78 is 12.9. The number of aliphatic hydroxyl groups excluding tert-OH is 1. The van der Waals surface area contributed by atoms with E-state index in [1.54, 1.807) is 29.2 Å². The number of carbonyl (C=O) groups excluding carboxylic acids is 2. The average molecular weight is 736 g/mol. The maximum absolute atomic E-state index is 14.5. The molecule has 0 radical (unpaired) electrons. The van der Waals surface area contributed by atoms with Gasteiger partial charge in [-0.1, -0.05) is 72.6 Å². The van der Waals surface area contributed by atoms with E-state index in [0.29, 0.717) is 59.0 Å². The molecule has 3 amide bonds. The van der Waals surface area contributed by atoms with E-state index >= 15 is 0 Å². The Morgan fingerprint density at radius 3 is 2.57 bits per heavy atom. The lowest BCUT2D eigenvalue weighted by Crippen LogP contribution is -2.47. The Morgan fingerprint density at radius 1 is 1.00 bits per heavy atom. The summed E-state index contributed by atoms with van der Waals surface area (Å²) in [5.74, 6) is 0.0448. The van der Waals surface area contributed by atoms with Gasteiger partial charge in [0.1, 0.15) is 5.75 Å². The van der Waals surface area contributed by atoms with Crippen LogP contribution < -0.4 is 15.4 Å². The molecule has 0 bridgehead atoms. The van der Waals surface area contributed by atoms with Crippen molar-refractivity contribution < 1.29 is 24.2 Å². The number of nitrogens with one attached hydrogen (secondary N) is 2. The van der Waals surface area contributed by atoms with Gasteiger partial charge < -0.3 is 30.1 Å². The van der Waals surface area contributed by atoms with Crippen LogP contribution in [0.3, 0.4) is 0 Å². The summed E-state index contributed by atoms with van der Waals surface area (Å²) in [6.45, 7) is 7.84. The largest absolute Gasteiger partial charge is 0.490 e. The third-order valence-electron chi connectivity index (χ3n) is 9.28. The summed E-state index contributed by atoms with van der Waals surface area (Å²) in [7, 11) is 2.03. The maximum Gasteiger partial charge on any atom is 0.323 e. The molecular formula is C40H48Cl2N4O5. The summed E-state index contributed by atoms with van der Waals surface area (Å²) in [4.78, 5) is 31.6. The van der Waals surface area contributed by atoms with Crippen LogP contribution in [0.25, 0.3) is 10.8 Å². The third-order valence-corrected chi connectivity index (χ3v) is 10.0. The highest BCUT2D eigenvalue weighted by atomic mass is 35.5. The normalized spacial score (nSPS) is 19.6. The first-order valence-corrected chi connectivity index (χ1v) is 18.3. The van der Waals surface area contributed by atoms with Crippen molar-refractivity contribution in [3.8, 4) is 5.75 Å². The van der Waals surface area contributed by atoms with Crippen LogP contribution in [0.1, 0.15) is 56.0 Å². The molecule has 1 aliphatic heterocycles. The Morgan fingerprint density at radius 2 is 1.78 bits per heavy atom. The minimum atomic E-state index is -0.487. The number of anilines is 2. The van der Waals surface area contributed by atoms with Crippen LogP contribution in [-0.2, 0) is 11.3 Å². The van der Waals surface area contributed by atoms with Gasteiger partial charge in [0.25, 0.3) is 5.91 Å². The molecule has 0 spiro atoms. The molecule has 5 rings (SSSR count). The number of likely N-dealkylation sites (N-methyl/N-ethyl adjacent to an activating group) is 1. The molecule has 272 valence electrons. The zero-order chi connectivity index (χ0) is 36.5. The van der Waals surface area contributed by atoms with E-state index in [0.717, 1.165) is 35.6 Å². The topological polar surface area (TPSA) is 103 Å². The van der Waals surface area contributed by atoms with E-state index in [1.165, 1.54) is 0 Å². The average Bonchev–Trinajstić information content (AvgIpc) is 3.11. The standard InChI is InChI=1S/C40H48Cl2N4O5/c1-26-22-46(27(2)25-47)39(48)33-21-31(43-40(49)44-36-14-9-12-30-11-5-6-13-32(30)36)16-18-37(33)51-28(3)10-7-8-19-50-38(26)24-45(4)23-29-15-17-34(41)35(42)20-29/h5-6,9,11-18,20-21,26-28,38,47H,7-8,10,19,22-25H2,1-4H3,(H2,43,44,49)/t26-,27-,28+,38+/m0/s1. The maximum atomic E-state index is 14.5. The smallest absolute Gasteiger partial charge is 0.323 e. The highest BCUT2D eigenvalue weighted by Gasteiger charge is 2.30. The second kappa shape index (κ2) is 18.1. The first-order chi connectivity index (χ1) is 24.5. The first-order valence-electron chi connectivity index (χ1n) is 17.5. The third kappa shape index (κ3) is 10.4. The molecule has 3 N–H and O–H groups in total. The number of halogens is 2. The number of urea groups is 1. The second-order valence-electron chi connectivity index (χ2n) is 13.6. The van der Waals surface area contributed by atoms with Crippen molar-refractivity contribution in [2.75, 3.05) is 44.0 Å². The van der Waals surface area contributed by atoms with Gasteiger partial charge in [-0.3, -0.25) is 9.69 Å². The monoisotopic (exact) mass is 734 g/mol. The molecule has 0 unspecified atom stereocenters. The Bertz CT molecular complexity index is 1800. The highest BCUT2D eigenvalue weighted by molar-refractivity contribution is 6.42. The minimum absolute atomic E-state index is 0.0850. The molecule has 51 heavy (non-hydrogen) atoms. The molecule has 4 atom stereocenters. The van der Waals surface area contributed by atoms with Crippen LogP contribution >= 0.6 is 23.2 Å². The van der Waals surface area contributed by atoms with Crippen LogP contribution in [0.2, 0.25) is 10.0 Å². The fourth-order valence-corrected chi connectivity index (χ4v) is 6.72. The van der Waals surface area contributed by atoms with Gasteiger partial charge in [0.2, 0.25) is 0 Å². The molecule has 4 aromatic rings. The van der Waals surface area contributed by atoms with E-state index in [-0.39, 0.29) is 30.6 Å². The molecule has 9 nitrogen and oxygen atoms in total. The van der Waals surface area contributed by atoms with E-state index in [4.69, 9.17) is 32.7 Å². The van der Waals surface area contributed by atoms with Gasteiger partial charge in [-0.05, 0) is 87.5 Å². The number of fused-ring (bicyclic) bond motifs is 2. The van der Waals surface area contributed by atoms with Crippen LogP contribution in [0, 0.1) is 5.92 Å². The summed E-state index contributed by atoms with van der Waals surface area (Å²) >= 11 is 12.4. The number of amides is 3. The first kappa shape index (κ1) is 38.4. The van der Waals surface area contributed by atoms with Gasteiger partial charge >= 0.3 is 6.03 Å². The quantitative estimate of drug-likeness (QED) is 0.167. The number of ether oxygens (including phenoxy) is 2. The van der Waals surface area contributed by atoms with Gasteiger partial charge in [-0.15, -0.1) is 0 Å². The van der Waals surface area contributed by atoms with Crippen LogP contribution in [0.5, 0.6) is 5.75 Å². The number of nitrogens with zero attached hydrogens (tertiary/aromatic N) is 2. The molecule has 11 heteroatoms. The Labute approximate surface area is 310 Å². The van der Waals surface area contributed by atoms with Crippen LogP contribution in [0.4, 0.5) is 16.2 Å². The van der Waals surface area contributed by atoms with Gasteiger partial charge in [-0.2, -0.15) is 0 Å². The zero-order valence-electron chi connectivity index (χ0n) is 29.7. The van der Waals surface area contributed by atoms with Crippen molar-refractivity contribution in [3.63, 3.8) is 0 Å². The van der Waals surface area contributed by atoms with Crippen molar-refractivity contribution in [1.29, 1.82) is 0 Å². The number of hydrogen-bond donors (Lipinski definition) is 3. The molecule has 0 fully saturated rings. The number of aliphatic hydroxyl groups is 1. The second-order valence-corrected chi connectivity index (χ2v) is 14.4. The van der Waals surface area contributed by atoms with Gasteiger partial charge in [0.05, 0.1) is 46.2 Å². The predicted octanol–water partition coefficient (Wildman–Crippen LogP) is 8.72. The van der Waals surface area contributed by atoms with Crippen molar-refractivity contribution in [3.05, 3.63) is 100 Å². The van der Waals surface area contributed by atoms with Gasteiger partial charge in [0, 0.05) is 43.2 Å². The Kier molecular flexibility index (Phi) is 13.6. The van der Waals surface area contributed by atoms with E-state index in [1.807, 2.05) is 75.5 Å². The van der Waals surface area contributed by atoms with E-state index in [2.05, 4.69) is 22.5 Å². The Hall–Kier alpha value is -3.86. The number of hydrogen-bond acceptors (Lipinski definition) is 6. The summed E-state index contributed by atoms with van der Waals surface area (Å²) in [6, 6.07) is 23.4. The number of rotatable bonds is 8.